The summed E-state index contributed by atoms with van der Waals surface area (Å²) in [6.45, 7) is 4.96. The maximum Gasteiger partial charge on any atom is 0.225 e. The Hall–Kier alpha value is -1.35. The molecular weight excluding hydrogens is 226 g/mol. The average Bonchev–Trinajstić information content (AvgIpc) is 2.91. The van der Waals surface area contributed by atoms with E-state index in [1.165, 1.54) is 0 Å². The minimum atomic E-state index is -0.493. The minimum Gasteiger partial charge on any atom is -0.349 e. The van der Waals surface area contributed by atoms with E-state index in [2.05, 4.69) is 26.0 Å². The molecule has 2 aliphatic rings. The van der Waals surface area contributed by atoms with E-state index in [4.69, 9.17) is 4.74 Å². The zero-order valence-electron chi connectivity index (χ0n) is 10.9. The van der Waals surface area contributed by atoms with Crippen molar-refractivity contribution in [3.8, 4) is 0 Å². The van der Waals surface area contributed by atoms with Gasteiger partial charge in [-0.05, 0) is 5.92 Å². The number of ether oxygens (including phenoxy) is 1. The van der Waals surface area contributed by atoms with Crippen LogP contribution in [0.2, 0.25) is 0 Å². The van der Waals surface area contributed by atoms with Crippen molar-refractivity contribution < 1.29 is 9.53 Å². The monoisotopic (exact) mass is 245 g/mol. The first-order chi connectivity index (χ1) is 8.65. The van der Waals surface area contributed by atoms with Gasteiger partial charge in [0, 0.05) is 18.4 Å². The van der Waals surface area contributed by atoms with Crippen molar-refractivity contribution in [3.63, 3.8) is 0 Å². The maximum atomic E-state index is 12.2. The molecule has 2 heterocycles. The van der Waals surface area contributed by atoms with E-state index in [0.717, 1.165) is 12.0 Å². The first kappa shape index (κ1) is 11.7. The van der Waals surface area contributed by atoms with Crippen molar-refractivity contribution in [1.82, 2.24) is 4.90 Å². The van der Waals surface area contributed by atoms with E-state index >= 15 is 0 Å². The number of nitrogens with zero attached hydrogens (tertiary/aromatic N) is 1. The molecule has 3 rings (SSSR count). The quantitative estimate of drug-likeness (QED) is 0.801. The SMILES string of the molecule is CC(C)[C@H]1CO[C@@]2(c3ccccc3)CCC(=O)N12. The van der Waals surface area contributed by atoms with Crippen molar-refractivity contribution in [3.05, 3.63) is 35.9 Å². The third kappa shape index (κ3) is 1.50. The average molecular weight is 245 g/mol. The van der Waals surface area contributed by atoms with Gasteiger partial charge in [0.1, 0.15) is 0 Å². The van der Waals surface area contributed by atoms with Gasteiger partial charge in [0.15, 0.2) is 5.72 Å². The molecular formula is C15H19NO2. The number of benzene rings is 1. The van der Waals surface area contributed by atoms with Crippen molar-refractivity contribution in [2.24, 2.45) is 5.92 Å². The lowest BCUT2D eigenvalue weighted by molar-refractivity contribution is -0.140. The normalized spacial score (nSPS) is 31.2. The lowest BCUT2D eigenvalue weighted by Gasteiger charge is -2.34. The Kier molecular flexibility index (Phi) is 2.67. The van der Waals surface area contributed by atoms with E-state index in [9.17, 15) is 4.79 Å². The molecule has 0 saturated carbocycles. The van der Waals surface area contributed by atoms with Crippen LogP contribution in [0.4, 0.5) is 0 Å². The van der Waals surface area contributed by atoms with Gasteiger partial charge in [0.2, 0.25) is 5.91 Å². The van der Waals surface area contributed by atoms with Crippen molar-refractivity contribution >= 4 is 5.91 Å². The highest BCUT2D eigenvalue weighted by molar-refractivity contribution is 5.80. The van der Waals surface area contributed by atoms with E-state index < -0.39 is 5.72 Å². The number of amides is 1. The third-order valence-corrected chi connectivity index (χ3v) is 4.15. The number of carbonyl (C=O) groups excluding carboxylic acids is 1. The smallest absolute Gasteiger partial charge is 0.225 e. The summed E-state index contributed by atoms with van der Waals surface area (Å²) in [5.74, 6) is 0.660. The molecule has 2 atom stereocenters. The molecule has 1 amide bonds. The molecule has 0 aliphatic carbocycles. The zero-order valence-corrected chi connectivity index (χ0v) is 10.9. The fourth-order valence-electron chi connectivity index (χ4n) is 3.17. The number of hydrogen-bond acceptors (Lipinski definition) is 2. The molecule has 0 aromatic heterocycles. The van der Waals surface area contributed by atoms with Crippen LogP contribution in [0.5, 0.6) is 0 Å². The number of fused-ring (bicyclic) bond motifs is 1. The standard InChI is InChI=1S/C15H19NO2/c1-11(2)13-10-18-15(9-8-14(17)16(13)15)12-6-4-3-5-7-12/h3-7,11,13H,8-10H2,1-2H3/t13-,15-/m1/s1. The van der Waals surface area contributed by atoms with Crippen molar-refractivity contribution in [2.75, 3.05) is 6.61 Å². The Balaban J connectivity index is 2.04. The molecule has 1 aromatic rings. The predicted molar refractivity (Wildman–Crippen MR) is 68.8 cm³/mol. The first-order valence-electron chi connectivity index (χ1n) is 6.67. The molecule has 3 heteroatoms. The maximum absolute atomic E-state index is 12.2. The molecule has 0 unspecified atom stereocenters. The van der Waals surface area contributed by atoms with Gasteiger partial charge in [-0.1, -0.05) is 44.2 Å². The van der Waals surface area contributed by atoms with Crippen molar-refractivity contribution in [2.45, 2.75) is 38.5 Å². The van der Waals surface area contributed by atoms with Crippen LogP contribution in [0, 0.1) is 5.92 Å². The molecule has 0 radical (unpaired) electrons. The van der Waals surface area contributed by atoms with E-state index in [1.54, 1.807) is 0 Å². The van der Waals surface area contributed by atoms with E-state index in [-0.39, 0.29) is 11.9 Å². The summed E-state index contributed by atoms with van der Waals surface area (Å²) in [7, 11) is 0. The number of hydrogen-bond donors (Lipinski definition) is 0. The molecule has 18 heavy (non-hydrogen) atoms. The van der Waals surface area contributed by atoms with Crippen LogP contribution in [0.1, 0.15) is 32.3 Å². The molecule has 1 aromatic carbocycles. The van der Waals surface area contributed by atoms with Crippen LogP contribution >= 0.6 is 0 Å². The molecule has 0 spiro atoms. The summed E-state index contributed by atoms with van der Waals surface area (Å²) in [4.78, 5) is 14.2. The summed E-state index contributed by atoms with van der Waals surface area (Å²) in [5.41, 5.74) is 0.617. The largest absolute Gasteiger partial charge is 0.349 e. The second-order valence-electron chi connectivity index (χ2n) is 5.54. The van der Waals surface area contributed by atoms with Crippen LogP contribution in [0.25, 0.3) is 0 Å². The van der Waals surface area contributed by atoms with Gasteiger partial charge in [0.05, 0.1) is 12.6 Å². The summed E-state index contributed by atoms with van der Waals surface area (Å²) in [5, 5.41) is 0. The third-order valence-electron chi connectivity index (χ3n) is 4.15. The van der Waals surface area contributed by atoms with Crippen LogP contribution in [0.15, 0.2) is 30.3 Å². The van der Waals surface area contributed by atoms with Gasteiger partial charge in [-0.15, -0.1) is 0 Å². The van der Waals surface area contributed by atoms with Crippen LogP contribution in [0.3, 0.4) is 0 Å². The molecule has 2 aliphatic heterocycles. The first-order valence-corrected chi connectivity index (χ1v) is 6.67. The van der Waals surface area contributed by atoms with Gasteiger partial charge in [0.25, 0.3) is 0 Å². The molecule has 3 nitrogen and oxygen atoms in total. The highest BCUT2D eigenvalue weighted by Crippen LogP contribution is 2.47. The Labute approximate surface area is 108 Å². The Bertz CT molecular complexity index is 457. The topological polar surface area (TPSA) is 29.5 Å². The number of rotatable bonds is 2. The Morgan fingerprint density at radius 3 is 2.72 bits per heavy atom. The second-order valence-corrected chi connectivity index (χ2v) is 5.54. The lowest BCUT2D eigenvalue weighted by Crippen LogP contribution is -2.45. The molecule has 0 bridgehead atoms. The highest BCUT2D eigenvalue weighted by Gasteiger charge is 2.55. The zero-order chi connectivity index (χ0) is 12.8. The van der Waals surface area contributed by atoms with Gasteiger partial charge in [-0.2, -0.15) is 0 Å². The molecule has 2 saturated heterocycles. The predicted octanol–water partition coefficient (Wildman–Crippen LogP) is 2.52. The van der Waals surface area contributed by atoms with E-state index in [0.29, 0.717) is 18.9 Å². The second kappa shape index (κ2) is 4.09. The Morgan fingerprint density at radius 1 is 1.33 bits per heavy atom. The van der Waals surface area contributed by atoms with Crippen molar-refractivity contribution in [1.29, 1.82) is 0 Å². The highest BCUT2D eigenvalue weighted by atomic mass is 16.5. The summed E-state index contributed by atoms with van der Waals surface area (Å²) in [6, 6.07) is 10.4. The Morgan fingerprint density at radius 2 is 2.06 bits per heavy atom. The fraction of sp³-hybridized carbons (Fsp3) is 0.533. The van der Waals surface area contributed by atoms with Crippen LogP contribution < -0.4 is 0 Å². The van der Waals surface area contributed by atoms with Gasteiger partial charge < -0.3 is 9.64 Å². The van der Waals surface area contributed by atoms with Gasteiger partial charge >= 0.3 is 0 Å². The molecule has 96 valence electrons. The lowest BCUT2D eigenvalue weighted by atomic mass is 9.98. The van der Waals surface area contributed by atoms with Crippen LogP contribution in [-0.2, 0) is 15.3 Å². The number of carbonyl (C=O) groups is 1. The minimum absolute atomic E-state index is 0.209. The van der Waals surface area contributed by atoms with Crippen LogP contribution in [-0.4, -0.2) is 23.5 Å². The fourth-order valence-corrected chi connectivity index (χ4v) is 3.17. The van der Waals surface area contributed by atoms with Gasteiger partial charge in [-0.3, -0.25) is 4.79 Å². The summed E-state index contributed by atoms with van der Waals surface area (Å²) < 4.78 is 6.10. The molecule has 2 fully saturated rings. The summed E-state index contributed by atoms with van der Waals surface area (Å²) >= 11 is 0. The van der Waals surface area contributed by atoms with E-state index in [1.807, 2.05) is 23.1 Å². The van der Waals surface area contributed by atoms with Gasteiger partial charge in [-0.25, -0.2) is 0 Å². The summed E-state index contributed by atoms with van der Waals surface area (Å²) in [6.07, 6.45) is 1.37. The molecule has 0 N–H and O–H groups in total.